The summed E-state index contributed by atoms with van der Waals surface area (Å²) in [6.45, 7) is 2.39. The molecule has 0 saturated carbocycles. The van der Waals surface area contributed by atoms with Crippen molar-refractivity contribution in [2.45, 2.75) is 0 Å². The van der Waals surface area contributed by atoms with Crippen molar-refractivity contribution in [3.8, 4) is 0 Å². The van der Waals surface area contributed by atoms with E-state index in [0.717, 1.165) is 0 Å². The van der Waals surface area contributed by atoms with Gasteiger partial charge in [-0.25, -0.2) is 0 Å². The molecule has 0 fully saturated rings. The van der Waals surface area contributed by atoms with Crippen LogP contribution in [0, 0.1) is 0 Å². The number of hydrogen-bond donors (Lipinski definition) is 3. The Balaban J connectivity index is 0.00000288. The third kappa shape index (κ3) is 6.81. The molecule has 5 nitrogen and oxygen atoms in total. The van der Waals surface area contributed by atoms with Gasteiger partial charge >= 0.3 is 0 Å². The highest BCUT2D eigenvalue weighted by atomic mass is 35.5. The zero-order valence-electron chi connectivity index (χ0n) is 13.3. The van der Waals surface area contributed by atoms with Gasteiger partial charge in [0.1, 0.15) is 0 Å². The van der Waals surface area contributed by atoms with Crippen LogP contribution in [0.25, 0.3) is 0 Å². The second kappa shape index (κ2) is 11.2. The molecule has 0 aromatic heterocycles. The predicted molar refractivity (Wildman–Crippen MR) is 97.7 cm³/mol. The van der Waals surface area contributed by atoms with E-state index in [1.165, 1.54) is 0 Å². The standard InChI is InChI=1S/C18H21N3O2.ClH/c22-17(15-7-3-1-4-8-15)20-13-11-19-12-14-21-18(23)16-9-5-2-6-10-16;/h1-10,19H,11-14H2,(H,20,22)(H,21,23);1H. The highest BCUT2D eigenvalue weighted by molar-refractivity contribution is 5.94. The summed E-state index contributed by atoms with van der Waals surface area (Å²) in [7, 11) is 0. The first-order valence-electron chi connectivity index (χ1n) is 7.64. The first-order chi connectivity index (χ1) is 11.3. The lowest BCUT2D eigenvalue weighted by Crippen LogP contribution is -2.36. The van der Waals surface area contributed by atoms with Crippen molar-refractivity contribution in [2.24, 2.45) is 0 Å². The summed E-state index contributed by atoms with van der Waals surface area (Å²) < 4.78 is 0. The van der Waals surface area contributed by atoms with Crippen molar-refractivity contribution < 1.29 is 9.59 Å². The third-order valence-corrected chi connectivity index (χ3v) is 3.25. The molecule has 2 aromatic rings. The minimum atomic E-state index is -0.0789. The molecule has 0 aliphatic heterocycles. The van der Waals surface area contributed by atoms with E-state index in [9.17, 15) is 9.59 Å². The average Bonchev–Trinajstić information content (AvgIpc) is 2.62. The molecule has 2 amide bonds. The first kappa shape index (κ1) is 19.7. The average molecular weight is 348 g/mol. The summed E-state index contributed by atoms with van der Waals surface area (Å²) >= 11 is 0. The van der Waals surface area contributed by atoms with Crippen LogP contribution in [0.4, 0.5) is 0 Å². The van der Waals surface area contributed by atoms with Crippen LogP contribution in [0.3, 0.4) is 0 Å². The van der Waals surface area contributed by atoms with Gasteiger partial charge in [-0.15, -0.1) is 12.4 Å². The van der Waals surface area contributed by atoms with E-state index in [2.05, 4.69) is 16.0 Å². The maximum Gasteiger partial charge on any atom is 0.251 e. The first-order valence-corrected chi connectivity index (χ1v) is 7.64. The summed E-state index contributed by atoms with van der Waals surface area (Å²) in [6.07, 6.45) is 0. The topological polar surface area (TPSA) is 70.2 Å². The van der Waals surface area contributed by atoms with E-state index >= 15 is 0 Å². The zero-order valence-corrected chi connectivity index (χ0v) is 14.1. The van der Waals surface area contributed by atoms with E-state index in [1.54, 1.807) is 24.3 Å². The monoisotopic (exact) mass is 347 g/mol. The maximum atomic E-state index is 11.8. The molecular formula is C18H22ClN3O2. The van der Waals surface area contributed by atoms with Crippen molar-refractivity contribution in [3.63, 3.8) is 0 Å². The molecule has 0 aliphatic carbocycles. The van der Waals surface area contributed by atoms with E-state index in [4.69, 9.17) is 0 Å². The summed E-state index contributed by atoms with van der Waals surface area (Å²) in [4.78, 5) is 23.6. The smallest absolute Gasteiger partial charge is 0.251 e. The Morgan fingerprint density at radius 1 is 0.625 bits per heavy atom. The van der Waals surface area contributed by atoms with Crippen LogP contribution in [0.15, 0.2) is 60.7 Å². The maximum absolute atomic E-state index is 11.8. The number of benzene rings is 2. The molecule has 0 atom stereocenters. The second-order valence-corrected chi connectivity index (χ2v) is 4.99. The van der Waals surface area contributed by atoms with Gasteiger partial charge in [0.25, 0.3) is 11.8 Å². The molecule has 0 unspecified atom stereocenters. The Hall–Kier alpha value is -2.37. The van der Waals surface area contributed by atoms with Gasteiger partial charge in [-0.05, 0) is 24.3 Å². The minimum Gasteiger partial charge on any atom is -0.351 e. The number of amides is 2. The van der Waals surface area contributed by atoms with Gasteiger partial charge in [-0.2, -0.15) is 0 Å². The normalized spacial score (nSPS) is 9.67. The fourth-order valence-electron chi connectivity index (χ4n) is 2.04. The number of carbonyl (C=O) groups excluding carboxylic acids is 2. The molecule has 6 heteroatoms. The highest BCUT2D eigenvalue weighted by Gasteiger charge is 2.03. The van der Waals surface area contributed by atoms with Gasteiger partial charge < -0.3 is 16.0 Å². The Labute approximate surface area is 148 Å². The predicted octanol–water partition coefficient (Wildman–Crippen LogP) is 1.86. The van der Waals surface area contributed by atoms with Crippen molar-refractivity contribution in [1.82, 2.24) is 16.0 Å². The van der Waals surface area contributed by atoms with Gasteiger partial charge in [0.15, 0.2) is 0 Å². The SMILES string of the molecule is Cl.O=C(NCCNCCNC(=O)c1ccccc1)c1ccccc1. The molecule has 0 radical (unpaired) electrons. The molecular weight excluding hydrogens is 326 g/mol. The van der Waals surface area contributed by atoms with Crippen molar-refractivity contribution in [2.75, 3.05) is 26.2 Å². The Kier molecular flexibility index (Phi) is 9.19. The summed E-state index contributed by atoms with van der Waals surface area (Å²) in [5.41, 5.74) is 1.31. The minimum absolute atomic E-state index is 0. The Morgan fingerprint density at radius 3 is 1.38 bits per heavy atom. The molecule has 24 heavy (non-hydrogen) atoms. The number of rotatable bonds is 8. The quantitative estimate of drug-likeness (QED) is 0.638. The number of nitrogens with one attached hydrogen (secondary N) is 3. The van der Waals surface area contributed by atoms with Gasteiger partial charge in [0.2, 0.25) is 0 Å². The Morgan fingerprint density at radius 2 is 1.00 bits per heavy atom. The molecule has 0 bridgehead atoms. The van der Waals surface area contributed by atoms with Crippen LogP contribution in [0.2, 0.25) is 0 Å². The second-order valence-electron chi connectivity index (χ2n) is 4.99. The van der Waals surface area contributed by atoms with Gasteiger partial charge in [0, 0.05) is 37.3 Å². The fraction of sp³-hybridized carbons (Fsp3) is 0.222. The lowest BCUT2D eigenvalue weighted by molar-refractivity contribution is 0.0948. The van der Waals surface area contributed by atoms with E-state index in [0.29, 0.717) is 37.3 Å². The zero-order chi connectivity index (χ0) is 16.3. The van der Waals surface area contributed by atoms with E-state index in [-0.39, 0.29) is 24.2 Å². The van der Waals surface area contributed by atoms with Crippen LogP contribution >= 0.6 is 12.4 Å². The molecule has 2 aromatic carbocycles. The van der Waals surface area contributed by atoms with Gasteiger partial charge in [-0.3, -0.25) is 9.59 Å². The number of carbonyl (C=O) groups is 2. The van der Waals surface area contributed by atoms with Crippen molar-refractivity contribution in [3.05, 3.63) is 71.8 Å². The fourth-order valence-corrected chi connectivity index (χ4v) is 2.04. The lowest BCUT2D eigenvalue weighted by Gasteiger charge is -2.08. The number of hydrogen-bond acceptors (Lipinski definition) is 3. The Bertz CT molecular complexity index is 565. The van der Waals surface area contributed by atoms with Gasteiger partial charge in [-0.1, -0.05) is 36.4 Å². The third-order valence-electron chi connectivity index (χ3n) is 3.25. The molecule has 2 rings (SSSR count). The van der Waals surface area contributed by atoms with Crippen LogP contribution < -0.4 is 16.0 Å². The molecule has 0 spiro atoms. The molecule has 0 saturated heterocycles. The summed E-state index contributed by atoms with van der Waals surface area (Å²) in [5.74, 6) is -0.158. The van der Waals surface area contributed by atoms with Crippen molar-refractivity contribution >= 4 is 24.2 Å². The lowest BCUT2D eigenvalue weighted by atomic mass is 10.2. The van der Waals surface area contributed by atoms with E-state index < -0.39 is 0 Å². The number of halogens is 1. The molecule has 128 valence electrons. The van der Waals surface area contributed by atoms with Crippen LogP contribution in [0.5, 0.6) is 0 Å². The largest absolute Gasteiger partial charge is 0.351 e. The van der Waals surface area contributed by atoms with Crippen molar-refractivity contribution in [1.29, 1.82) is 0 Å². The van der Waals surface area contributed by atoms with Crippen LogP contribution in [0.1, 0.15) is 20.7 Å². The van der Waals surface area contributed by atoms with E-state index in [1.807, 2.05) is 36.4 Å². The molecule has 0 heterocycles. The molecule has 0 aliphatic rings. The van der Waals surface area contributed by atoms with Crippen LogP contribution in [-0.2, 0) is 0 Å². The highest BCUT2D eigenvalue weighted by Crippen LogP contribution is 1.97. The van der Waals surface area contributed by atoms with Crippen LogP contribution in [-0.4, -0.2) is 38.0 Å². The summed E-state index contributed by atoms with van der Waals surface area (Å²) in [5, 5.41) is 8.84. The van der Waals surface area contributed by atoms with Gasteiger partial charge in [0.05, 0.1) is 0 Å². The molecule has 3 N–H and O–H groups in total. The summed E-state index contributed by atoms with van der Waals surface area (Å²) in [6, 6.07) is 18.2.